The largest absolute Gasteiger partial charge is 0.475 e. The van der Waals surface area contributed by atoms with Gasteiger partial charge in [-0.2, -0.15) is 0 Å². The van der Waals surface area contributed by atoms with Gasteiger partial charge >= 0.3 is 5.97 Å². The summed E-state index contributed by atoms with van der Waals surface area (Å²) in [6, 6.07) is 7.13. The Morgan fingerprint density at radius 1 is 1.40 bits per heavy atom. The minimum absolute atomic E-state index is 0.670. The number of ketones is 1. The second-order valence-corrected chi connectivity index (χ2v) is 4.40. The number of hydrogen-bond donors (Lipinski definition) is 1. The summed E-state index contributed by atoms with van der Waals surface area (Å²) < 4.78 is 1.16. The monoisotopic (exact) mass is 243 g/mol. The number of carboxylic acid groups (broad SMARTS) is 1. The Morgan fingerprint density at radius 3 is 2.67 bits per heavy atom. The maximum Gasteiger partial charge on any atom is 0.375 e. The van der Waals surface area contributed by atoms with E-state index in [9.17, 15) is 9.59 Å². The van der Waals surface area contributed by atoms with Crippen molar-refractivity contribution in [3.8, 4) is 0 Å². The molecule has 6 heteroatoms. The van der Waals surface area contributed by atoms with Crippen LogP contribution in [0.25, 0.3) is 0 Å². The summed E-state index contributed by atoms with van der Waals surface area (Å²) in [5, 5.41) is 7.72. The molecule has 0 saturated heterocycles. The summed E-state index contributed by atoms with van der Waals surface area (Å²) in [5.41, 5.74) is 0.670. The van der Waals surface area contributed by atoms with Crippen molar-refractivity contribution in [1.82, 2.24) is 0 Å². The van der Waals surface area contributed by atoms with Crippen molar-refractivity contribution in [2.75, 3.05) is 4.42 Å². The van der Waals surface area contributed by atoms with Gasteiger partial charge in [-0.25, -0.2) is 4.79 Å². The lowest BCUT2D eigenvalue weighted by Gasteiger charge is -2.14. The number of Topliss-reactive ketones (excluding diaryl/α,β-unsaturated/α-hetero) is 1. The number of benzene rings is 1. The van der Waals surface area contributed by atoms with Gasteiger partial charge in [0.1, 0.15) is 0 Å². The number of hydrogen-bond acceptors (Lipinski definition) is 4. The SMILES string of the molecule is O=C(O)C(=O)C1Sc2ccccc2N1Cl. The molecule has 1 atom stereocenters. The molecule has 1 heterocycles. The molecule has 15 heavy (non-hydrogen) atoms. The Bertz CT molecular complexity index is 437. The van der Waals surface area contributed by atoms with Crippen molar-refractivity contribution in [1.29, 1.82) is 0 Å². The van der Waals surface area contributed by atoms with Gasteiger partial charge in [0.05, 0.1) is 5.69 Å². The summed E-state index contributed by atoms with van der Waals surface area (Å²) in [6.07, 6.45) is 0. The van der Waals surface area contributed by atoms with E-state index in [1.54, 1.807) is 18.2 Å². The normalized spacial score (nSPS) is 18.7. The maximum atomic E-state index is 11.3. The molecule has 1 aromatic carbocycles. The lowest BCUT2D eigenvalue weighted by atomic mass is 10.3. The van der Waals surface area contributed by atoms with Crippen LogP contribution in [0.5, 0.6) is 0 Å². The highest BCUT2D eigenvalue weighted by Gasteiger charge is 2.37. The first-order chi connectivity index (χ1) is 7.11. The molecule has 1 unspecified atom stereocenters. The number of fused-ring (bicyclic) bond motifs is 1. The molecule has 0 amide bonds. The van der Waals surface area contributed by atoms with Crippen molar-refractivity contribution in [2.45, 2.75) is 10.3 Å². The molecule has 0 saturated carbocycles. The molecule has 0 aliphatic carbocycles. The molecule has 78 valence electrons. The fourth-order valence-electron chi connectivity index (χ4n) is 1.29. The fourth-order valence-corrected chi connectivity index (χ4v) is 2.79. The zero-order valence-corrected chi connectivity index (χ0v) is 8.96. The van der Waals surface area contributed by atoms with Crippen LogP contribution in [0.1, 0.15) is 0 Å². The molecule has 4 nitrogen and oxygen atoms in total. The summed E-state index contributed by atoms with van der Waals surface area (Å²) in [5.74, 6) is -2.38. The summed E-state index contributed by atoms with van der Waals surface area (Å²) in [4.78, 5) is 22.6. The topological polar surface area (TPSA) is 57.6 Å². The van der Waals surface area contributed by atoms with Gasteiger partial charge in [-0.1, -0.05) is 23.9 Å². The highest BCUT2D eigenvalue weighted by Crippen LogP contribution is 2.44. The van der Waals surface area contributed by atoms with Crippen LogP contribution in [0, 0.1) is 0 Å². The number of nitrogens with zero attached hydrogens (tertiary/aromatic N) is 1. The first-order valence-corrected chi connectivity index (χ1v) is 5.31. The van der Waals surface area contributed by atoms with E-state index in [0.717, 1.165) is 21.1 Å². The first kappa shape index (κ1) is 10.3. The van der Waals surface area contributed by atoms with Crippen LogP contribution < -0.4 is 4.42 Å². The zero-order chi connectivity index (χ0) is 11.0. The van der Waals surface area contributed by atoms with Crippen molar-refractivity contribution in [2.24, 2.45) is 0 Å². The molecule has 0 aromatic heterocycles. The van der Waals surface area contributed by atoms with Crippen molar-refractivity contribution in [3.05, 3.63) is 24.3 Å². The smallest absolute Gasteiger partial charge is 0.375 e. The summed E-state index contributed by atoms with van der Waals surface area (Å²) >= 11 is 7.02. The molecule has 0 bridgehead atoms. The lowest BCUT2D eigenvalue weighted by molar-refractivity contribution is -0.148. The molecular weight excluding hydrogens is 238 g/mol. The number of aliphatic carboxylic acids is 1. The summed E-state index contributed by atoms with van der Waals surface area (Å²) in [7, 11) is 0. The van der Waals surface area contributed by atoms with Crippen LogP contribution in [-0.2, 0) is 9.59 Å². The Balaban J connectivity index is 2.31. The van der Waals surface area contributed by atoms with E-state index in [0.29, 0.717) is 5.69 Å². The van der Waals surface area contributed by atoms with E-state index in [-0.39, 0.29) is 0 Å². The second-order valence-electron chi connectivity index (χ2n) is 2.92. The molecule has 1 aliphatic heterocycles. The number of para-hydroxylation sites is 1. The summed E-state index contributed by atoms with van der Waals surface area (Å²) in [6.45, 7) is 0. The molecule has 0 spiro atoms. The third-order valence-electron chi connectivity index (χ3n) is 1.97. The van der Waals surface area contributed by atoms with Crippen molar-refractivity contribution >= 4 is 41.0 Å². The van der Waals surface area contributed by atoms with E-state index >= 15 is 0 Å². The zero-order valence-electron chi connectivity index (χ0n) is 7.38. The van der Waals surface area contributed by atoms with Gasteiger partial charge in [0.15, 0.2) is 5.37 Å². The molecule has 1 aliphatic rings. The van der Waals surface area contributed by atoms with Crippen LogP contribution in [0.15, 0.2) is 29.2 Å². The predicted molar refractivity (Wildman–Crippen MR) is 57.1 cm³/mol. The van der Waals surface area contributed by atoms with E-state index in [1.807, 2.05) is 6.07 Å². The molecule has 1 aromatic rings. The number of carbonyl (C=O) groups is 2. The maximum absolute atomic E-state index is 11.3. The molecule has 1 N–H and O–H groups in total. The van der Waals surface area contributed by atoms with E-state index in [2.05, 4.69) is 0 Å². The average Bonchev–Trinajstić information content (AvgIpc) is 2.56. The highest BCUT2D eigenvalue weighted by molar-refractivity contribution is 8.01. The van der Waals surface area contributed by atoms with Crippen LogP contribution in [0.4, 0.5) is 5.69 Å². The number of anilines is 1. The van der Waals surface area contributed by atoms with Crippen LogP contribution in [0.2, 0.25) is 0 Å². The minimum atomic E-state index is -1.47. The Labute approximate surface area is 94.9 Å². The van der Waals surface area contributed by atoms with E-state index in [4.69, 9.17) is 16.9 Å². The molecule has 0 fully saturated rings. The first-order valence-electron chi connectivity index (χ1n) is 4.09. The number of carbonyl (C=O) groups excluding carboxylic acids is 1. The van der Waals surface area contributed by atoms with Crippen LogP contribution in [0.3, 0.4) is 0 Å². The minimum Gasteiger partial charge on any atom is -0.475 e. The number of thioether (sulfide) groups is 1. The number of halogens is 1. The average molecular weight is 244 g/mol. The lowest BCUT2D eigenvalue weighted by Crippen LogP contribution is -2.33. The Kier molecular flexibility index (Phi) is 2.58. The second kappa shape index (κ2) is 3.75. The standard InChI is InChI=1S/C9H6ClNO3S/c10-11-5-3-1-2-4-6(5)15-8(11)7(12)9(13)14/h1-4,8H,(H,13,14). The van der Waals surface area contributed by atoms with E-state index in [1.165, 1.54) is 0 Å². The molecular formula is C9H6ClNO3S. The third kappa shape index (κ3) is 1.68. The van der Waals surface area contributed by atoms with Gasteiger partial charge in [0.2, 0.25) is 0 Å². The van der Waals surface area contributed by atoms with Gasteiger partial charge in [-0.3, -0.25) is 9.21 Å². The third-order valence-corrected chi connectivity index (χ3v) is 3.72. The Morgan fingerprint density at radius 2 is 2.07 bits per heavy atom. The number of rotatable bonds is 2. The fraction of sp³-hybridized carbons (Fsp3) is 0.111. The van der Waals surface area contributed by atoms with Gasteiger partial charge < -0.3 is 5.11 Å². The van der Waals surface area contributed by atoms with Gasteiger partial charge in [0, 0.05) is 16.7 Å². The molecule has 0 radical (unpaired) electrons. The van der Waals surface area contributed by atoms with E-state index < -0.39 is 17.1 Å². The van der Waals surface area contributed by atoms with Gasteiger partial charge in [-0.15, -0.1) is 0 Å². The van der Waals surface area contributed by atoms with Gasteiger partial charge in [0.25, 0.3) is 5.78 Å². The number of carboxylic acids is 1. The quantitative estimate of drug-likeness (QED) is 0.633. The van der Waals surface area contributed by atoms with Crippen LogP contribution in [-0.4, -0.2) is 22.2 Å². The Hall–Kier alpha value is -1.20. The van der Waals surface area contributed by atoms with Crippen molar-refractivity contribution in [3.63, 3.8) is 0 Å². The van der Waals surface area contributed by atoms with Crippen molar-refractivity contribution < 1.29 is 14.7 Å². The van der Waals surface area contributed by atoms with Gasteiger partial charge in [-0.05, 0) is 12.1 Å². The molecule has 2 rings (SSSR count). The highest BCUT2D eigenvalue weighted by atomic mass is 35.5. The predicted octanol–water partition coefficient (Wildman–Crippen LogP) is 1.73. The van der Waals surface area contributed by atoms with Crippen LogP contribution >= 0.6 is 23.5 Å².